The maximum absolute atomic E-state index is 10.6. The Morgan fingerprint density at radius 1 is 1.43 bits per heavy atom. The molecule has 1 rings (SSSR count). The Kier molecular flexibility index (Phi) is 4.49. The topological polar surface area (TPSA) is 57.5 Å². The summed E-state index contributed by atoms with van der Waals surface area (Å²) in [5.74, 6) is -0.103. The van der Waals surface area contributed by atoms with Crippen molar-refractivity contribution in [2.45, 2.75) is 11.3 Å². The van der Waals surface area contributed by atoms with Crippen LogP contribution in [0, 0.1) is 0 Å². The zero-order valence-electron chi connectivity index (χ0n) is 7.64. The first-order valence-corrected chi connectivity index (χ1v) is 5.29. The molecule has 0 aromatic heterocycles. The van der Waals surface area contributed by atoms with Crippen LogP contribution in [0.3, 0.4) is 0 Å². The van der Waals surface area contributed by atoms with Gasteiger partial charge >= 0.3 is 5.97 Å². The van der Waals surface area contributed by atoms with Crippen molar-refractivity contribution in [3.63, 3.8) is 0 Å². The fraction of sp³-hybridized carbons (Fsp3) is 0.300. The number of carboxylic acids is 1. The minimum absolute atomic E-state index is 0.172. The number of carboxylic acid groups (broad SMARTS) is 1. The van der Waals surface area contributed by atoms with Gasteiger partial charge in [-0.15, -0.1) is 11.8 Å². The summed E-state index contributed by atoms with van der Waals surface area (Å²) in [6.45, 7) is 0.172. The van der Waals surface area contributed by atoms with Crippen molar-refractivity contribution in [3.05, 3.63) is 29.8 Å². The first-order valence-electron chi connectivity index (χ1n) is 4.31. The molecular formula is C10H12O3S. The fourth-order valence-corrected chi connectivity index (χ4v) is 1.87. The summed E-state index contributed by atoms with van der Waals surface area (Å²) in [5, 5.41) is 17.3. The first kappa shape index (κ1) is 11.1. The monoisotopic (exact) mass is 212 g/mol. The number of carbonyl (C=O) groups is 1. The number of aliphatic hydroxyl groups is 1. The number of aliphatic hydroxyl groups excluding tert-OH is 1. The van der Waals surface area contributed by atoms with Crippen LogP contribution in [-0.2, 0) is 0 Å². The van der Waals surface area contributed by atoms with Crippen LogP contribution < -0.4 is 0 Å². The second kappa shape index (κ2) is 5.67. The van der Waals surface area contributed by atoms with Crippen molar-refractivity contribution in [2.75, 3.05) is 12.4 Å². The Morgan fingerprint density at radius 3 is 2.86 bits per heavy atom. The van der Waals surface area contributed by atoms with Gasteiger partial charge in [0.2, 0.25) is 0 Å². The number of hydrogen-bond donors (Lipinski definition) is 2. The maximum atomic E-state index is 10.6. The zero-order chi connectivity index (χ0) is 10.4. The maximum Gasteiger partial charge on any atom is 0.335 e. The molecule has 4 heteroatoms. The van der Waals surface area contributed by atoms with E-state index in [1.807, 2.05) is 6.07 Å². The number of thioether (sulfide) groups is 1. The number of aromatic carboxylic acids is 1. The second-order valence-electron chi connectivity index (χ2n) is 2.76. The minimum atomic E-state index is -0.908. The quantitative estimate of drug-likeness (QED) is 0.577. The molecule has 0 atom stereocenters. The molecule has 3 nitrogen and oxygen atoms in total. The number of hydrogen-bond acceptors (Lipinski definition) is 3. The van der Waals surface area contributed by atoms with Gasteiger partial charge in [0.1, 0.15) is 0 Å². The van der Waals surface area contributed by atoms with Crippen LogP contribution in [-0.4, -0.2) is 28.5 Å². The molecule has 2 N–H and O–H groups in total. The molecule has 0 spiro atoms. The Balaban J connectivity index is 2.59. The van der Waals surface area contributed by atoms with Crippen LogP contribution in [0.4, 0.5) is 0 Å². The number of benzene rings is 1. The lowest BCUT2D eigenvalue weighted by atomic mass is 10.2. The van der Waals surface area contributed by atoms with Crippen molar-refractivity contribution in [1.29, 1.82) is 0 Å². The highest BCUT2D eigenvalue weighted by Gasteiger charge is 2.02. The average molecular weight is 212 g/mol. The van der Waals surface area contributed by atoms with Crippen molar-refractivity contribution in [3.8, 4) is 0 Å². The number of rotatable bonds is 5. The Hall–Kier alpha value is -1.00. The van der Waals surface area contributed by atoms with E-state index in [9.17, 15) is 4.79 Å². The van der Waals surface area contributed by atoms with Gasteiger partial charge in [0.15, 0.2) is 0 Å². The summed E-state index contributed by atoms with van der Waals surface area (Å²) in [5.41, 5.74) is 0.305. The fourth-order valence-electron chi connectivity index (χ4n) is 0.973. The molecule has 0 aliphatic carbocycles. The van der Waals surface area contributed by atoms with Crippen LogP contribution in [0.2, 0.25) is 0 Å². The normalized spacial score (nSPS) is 10.1. The lowest BCUT2D eigenvalue weighted by molar-refractivity contribution is 0.0696. The summed E-state index contributed by atoms with van der Waals surface area (Å²) in [4.78, 5) is 11.6. The Labute approximate surface area is 86.8 Å². The van der Waals surface area contributed by atoms with Crippen molar-refractivity contribution < 1.29 is 15.0 Å². The van der Waals surface area contributed by atoms with Gasteiger partial charge < -0.3 is 10.2 Å². The van der Waals surface area contributed by atoms with E-state index >= 15 is 0 Å². The molecule has 14 heavy (non-hydrogen) atoms. The predicted molar refractivity (Wildman–Crippen MR) is 55.8 cm³/mol. The zero-order valence-corrected chi connectivity index (χ0v) is 8.46. The smallest absolute Gasteiger partial charge is 0.335 e. The largest absolute Gasteiger partial charge is 0.478 e. The van der Waals surface area contributed by atoms with Crippen LogP contribution in [0.25, 0.3) is 0 Å². The van der Waals surface area contributed by atoms with Gasteiger partial charge in [0, 0.05) is 17.3 Å². The van der Waals surface area contributed by atoms with E-state index in [0.29, 0.717) is 5.56 Å². The minimum Gasteiger partial charge on any atom is -0.478 e. The lowest BCUT2D eigenvalue weighted by Crippen LogP contribution is -1.95. The molecule has 0 saturated carbocycles. The molecule has 0 fully saturated rings. The summed E-state index contributed by atoms with van der Waals surface area (Å²) in [6, 6.07) is 6.81. The van der Waals surface area contributed by atoms with Crippen molar-refractivity contribution in [1.82, 2.24) is 0 Å². The molecule has 0 aliphatic heterocycles. The summed E-state index contributed by atoms with van der Waals surface area (Å²) >= 11 is 1.55. The van der Waals surface area contributed by atoms with E-state index < -0.39 is 5.97 Å². The summed E-state index contributed by atoms with van der Waals surface area (Å²) in [6.07, 6.45) is 0.724. The van der Waals surface area contributed by atoms with Crippen LogP contribution in [0.15, 0.2) is 29.2 Å². The predicted octanol–water partition coefficient (Wildman–Crippen LogP) is 1.86. The molecule has 0 bridgehead atoms. The van der Waals surface area contributed by atoms with Gasteiger partial charge in [0.05, 0.1) is 5.56 Å². The lowest BCUT2D eigenvalue weighted by Gasteiger charge is -2.01. The van der Waals surface area contributed by atoms with E-state index in [1.165, 1.54) is 0 Å². The van der Waals surface area contributed by atoms with Gasteiger partial charge in [-0.1, -0.05) is 6.07 Å². The standard InChI is InChI=1S/C10H12O3S/c11-5-2-6-14-9-4-1-3-8(7-9)10(12)13/h1,3-4,7,11H,2,5-6H2,(H,12,13). The Bertz CT molecular complexity index is 312. The third kappa shape index (κ3) is 3.40. The molecule has 0 saturated heterocycles. The molecular weight excluding hydrogens is 200 g/mol. The SMILES string of the molecule is O=C(O)c1cccc(SCCCO)c1. The van der Waals surface area contributed by atoms with Crippen molar-refractivity contribution >= 4 is 17.7 Å². The highest BCUT2D eigenvalue weighted by atomic mass is 32.2. The highest BCUT2D eigenvalue weighted by Crippen LogP contribution is 2.19. The second-order valence-corrected chi connectivity index (χ2v) is 3.93. The van der Waals surface area contributed by atoms with Gasteiger partial charge in [0.25, 0.3) is 0 Å². The third-order valence-electron chi connectivity index (χ3n) is 1.65. The molecule has 76 valence electrons. The van der Waals surface area contributed by atoms with Gasteiger partial charge in [-0.3, -0.25) is 0 Å². The van der Waals surface area contributed by atoms with Crippen LogP contribution >= 0.6 is 11.8 Å². The van der Waals surface area contributed by atoms with E-state index in [1.54, 1.807) is 30.0 Å². The molecule has 0 radical (unpaired) electrons. The molecule has 0 heterocycles. The third-order valence-corrected chi connectivity index (χ3v) is 2.73. The molecule has 0 amide bonds. The molecule has 0 aliphatic rings. The van der Waals surface area contributed by atoms with Gasteiger partial charge in [-0.25, -0.2) is 4.79 Å². The molecule has 0 unspecified atom stereocenters. The van der Waals surface area contributed by atoms with E-state index in [0.717, 1.165) is 17.1 Å². The Morgan fingerprint density at radius 2 is 2.21 bits per heavy atom. The van der Waals surface area contributed by atoms with E-state index in [4.69, 9.17) is 10.2 Å². The van der Waals surface area contributed by atoms with E-state index in [2.05, 4.69) is 0 Å². The summed E-state index contributed by atoms with van der Waals surface area (Å²) < 4.78 is 0. The van der Waals surface area contributed by atoms with Crippen LogP contribution in [0.5, 0.6) is 0 Å². The van der Waals surface area contributed by atoms with Crippen LogP contribution in [0.1, 0.15) is 16.8 Å². The molecule has 1 aromatic carbocycles. The van der Waals surface area contributed by atoms with Crippen molar-refractivity contribution in [2.24, 2.45) is 0 Å². The first-order chi connectivity index (χ1) is 6.74. The average Bonchev–Trinajstić information content (AvgIpc) is 2.19. The summed E-state index contributed by atoms with van der Waals surface area (Å²) in [7, 11) is 0. The highest BCUT2D eigenvalue weighted by molar-refractivity contribution is 7.99. The van der Waals surface area contributed by atoms with E-state index in [-0.39, 0.29) is 6.61 Å². The van der Waals surface area contributed by atoms with Gasteiger partial charge in [-0.05, 0) is 24.6 Å². The van der Waals surface area contributed by atoms with Gasteiger partial charge in [-0.2, -0.15) is 0 Å². The molecule has 1 aromatic rings.